The molecule has 0 atom stereocenters. The van der Waals surface area contributed by atoms with Gasteiger partial charge >= 0.3 is 0 Å². The first-order valence-electron chi connectivity index (χ1n) is 6.27. The second-order valence-corrected chi connectivity index (χ2v) is 6.10. The molecule has 3 aromatic rings. The summed E-state index contributed by atoms with van der Waals surface area (Å²) in [5.74, 6) is 0. The van der Waals surface area contributed by atoms with E-state index in [1.54, 1.807) is 24.5 Å². The minimum absolute atomic E-state index is 0.105. The van der Waals surface area contributed by atoms with Crippen molar-refractivity contribution in [3.8, 4) is 16.9 Å². The fourth-order valence-corrected chi connectivity index (χ4v) is 2.68. The lowest BCUT2D eigenvalue weighted by atomic mass is 10.1. The van der Waals surface area contributed by atoms with Crippen LogP contribution in [0.2, 0.25) is 0 Å². The molecule has 0 amide bonds. The second-order valence-electron chi connectivity index (χ2n) is 4.54. The highest BCUT2D eigenvalue weighted by Crippen LogP contribution is 2.24. The molecule has 5 nitrogen and oxygen atoms in total. The topological polar surface area (TPSA) is 78.0 Å². The molecule has 6 heteroatoms. The molecule has 2 aromatic heterocycles. The Labute approximate surface area is 122 Å². The molecule has 3 rings (SSSR count). The van der Waals surface area contributed by atoms with Crippen LogP contribution in [0.4, 0.5) is 0 Å². The van der Waals surface area contributed by atoms with E-state index in [0.717, 1.165) is 16.9 Å². The fourth-order valence-electron chi connectivity index (χ4n) is 2.16. The third-order valence-electron chi connectivity index (χ3n) is 3.17. The second kappa shape index (κ2) is 5.16. The van der Waals surface area contributed by atoms with E-state index in [-0.39, 0.29) is 4.90 Å². The molecule has 21 heavy (non-hydrogen) atoms. The first kappa shape index (κ1) is 13.5. The standard InChI is InChI=1S/C15H13N3O2S/c16-21(19,20)14-5-3-12(4-6-14)15-2-1-11-18(15)13-7-9-17-10-8-13/h1-11H,(H2,16,19,20). The maximum atomic E-state index is 11.3. The average Bonchev–Trinajstić information content (AvgIpc) is 2.97. The number of hydrogen-bond acceptors (Lipinski definition) is 3. The van der Waals surface area contributed by atoms with Crippen LogP contribution >= 0.6 is 0 Å². The van der Waals surface area contributed by atoms with E-state index in [0.29, 0.717) is 0 Å². The van der Waals surface area contributed by atoms with Gasteiger partial charge in [-0.15, -0.1) is 0 Å². The zero-order chi connectivity index (χ0) is 14.9. The molecular weight excluding hydrogens is 286 g/mol. The first-order chi connectivity index (χ1) is 10.1. The normalized spacial score (nSPS) is 11.5. The van der Waals surface area contributed by atoms with E-state index in [9.17, 15) is 8.42 Å². The van der Waals surface area contributed by atoms with Gasteiger partial charge in [0, 0.05) is 24.3 Å². The molecule has 0 radical (unpaired) electrons. The van der Waals surface area contributed by atoms with E-state index in [4.69, 9.17) is 5.14 Å². The molecule has 0 fully saturated rings. The van der Waals surface area contributed by atoms with Crippen molar-refractivity contribution >= 4 is 10.0 Å². The van der Waals surface area contributed by atoms with Crippen LogP contribution in [0.25, 0.3) is 16.9 Å². The van der Waals surface area contributed by atoms with Crippen molar-refractivity contribution in [1.29, 1.82) is 0 Å². The van der Waals surface area contributed by atoms with Gasteiger partial charge in [0.2, 0.25) is 10.0 Å². The van der Waals surface area contributed by atoms with Gasteiger partial charge in [-0.25, -0.2) is 13.6 Å². The van der Waals surface area contributed by atoms with E-state index in [1.807, 2.05) is 35.0 Å². The number of nitrogens with zero attached hydrogens (tertiary/aromatic N) is 2. The van der Waals surface area contributed by atoms with Gasteiger partial charge in [-0.05, 0) is 42.0 Å². The Morgan fingerprint density at radius 2 is 1.62 bits per heavy atom. The lowest BCUT2D eigenvalue weighted by Crippen LogP contribution is -2.11. The maximum absolute atomic E-state index is 11.3. The van der Waals surface area contributed by atoms with Crippen LogP contribution in [-0.2, 0) is 10.0 Å². The van der Waals surface area contributed by atoms with Gasteiger partial charge in [0.05, 0.1) is 10.6 Å². The average molecular weight is 299 g/mol. The highest BCUT2D eigenvalue weighted by atomic mass is 32.2. The number of pyridine rings is 1. The molecule has 0 unspecified atom stereocenters. The maximum Gasteiger partial charge on any atom is 0.238 e. The molecule has 0 aliphatic heterocycles. The van der Waals surface area contributed by atoms with Crippen LogP contribution < -0.4 is 5.14 Å². The van der Waals surface area contributed by atoms with E-state index >= 15 is 0 Å². The summed E-state index contributed by atoms with van der Waals surface area (Å²) >= 11 is 0. The van der Waals surface area contributed by atoms with Gasteiger partial charge in [-0.1, -0.05) is 12.1 Å². The highest BCUT2D eigenvalue weighted by Gasteiger charge is 2.09. The Morgan fingerprint density at radius 1 is 0.952 bits per heavy atom. The van der Waals surface area contributed by atoms with Crippen molar-refractivity contribution in [3.63, 3.8) is 0 Å². The van der Waals surface area contributed by atoms with E-state index < -0.39 is 10.0 Å². The summed E-state index contributed by atoms with van der Waals surface area (Å²) in [6.07, 6.45) is 5.39. The van der Waals surface area contributed by atoms with E-state index in [1.165, 1.54) is 12.1 Å². The number of primary sulfonamides is 1. The predicted molar refractivity (Wildman–Crippen MR) is 80.4 cm³/mol. The molecule has 0 bridgehead atoms. The summed E-state index contributed by atoms with van der Waals surface area (Å²) in [5, 5.41) is 5.11. The van der Waals surface area contributed by atoms with Crippen LogP contribution in [0.5, 0.6) is 0 Å². The number of rotatable bonds is 3. The van der Waals surface area contributed by atoms with E-state index in [2.05, 4.69) is 4.98 Å². The summed E-state index contributed by atoms with van der Waals surface area (Å²) < 4.78 is 24.6. The van der Waals surface area contributed by atoms with Crippen LogP contribution in [0, 0.1) is 0 Å². The van der Waals surface area contributed by atoms with Crippen molar-refractivity contribution in [3.05, 3.63) is 67.1 Å². The highest BCUT2D eigenvalue weighted by molar-refractivity contribution is 7.89. The van der Waals surface area contributed by atoms with Crippen LogP contribution in [0.3, 0.4) is 0 Å². The summed E-state index contributed by atoms with van der Waals surface area (Å²) in [5.41, 5.74) is 2.85. The molecule has 2 heterocycles. The molecule has 1 aromatic carbocycles. The predicted octanol–water partition coefficient (Wildman–Crippen LogP) is 2.19. The van der Waals surface area contributed by atoms with Gasteiger partial charge in [0.1, 0.15) is 0 Å². The Kier molecular flexibility index (Phi) is 3.32. The van der Waals surface area contributed by atoms with Crippen LogP contribution in [-0.4, -0.2) is 18.0 Å². The van der Waals surface area contributed by atoms with Crippen molar-refractivity contribution in [2.75, 3.05) is 0 Å². The Morgan fingerprint density at radius 3 is 2.24 bits per heavy atom. The van der Waals surface area contributed by atoms with Crippen molar-refractivity contribution in [2.45, 2.75) is 4.90 Å². The van der Waals surface area contributed by atoms with Crippen LogP contribution in [0.1, 0.15) is 0 Å². The zero-order valence-corrected chi connectivity index (χ0v) is 11.9. The van der Waals surface area contributed by atoms with Gasteiger partial charge < -0.3 is 4.57 Å². The molecule has 0 spiro atoms. The quantitative estimate of drug-likeness (QED) is 0.805. The number of benzene rings is 1. The van der Waals surface area contributed by atoms with Gasteiger partial charge in [-0.2, -0.15) is 0 Å². The summed E-state index contributed by atoms with van der Waals surface area (Å²) in [4.78, 5) is 4.11. The third-order valence-corrected chi connectivity index (χ3v) is 4.10. The summed E-state index contributed by atoms with van der Waals surface area (Å²) in [6.45, 7) is 0. The van der Waals surface area contributed by atoms with Crippen molar-refractivity contribution in [1.82, 2.24) is 9.55 Å². The molecule has 0 aliphatic rings. The fraction of sp³-hybridized carbons (Fsp3) is 0. The van der Waals surface area contributed by atoms with Crippen molar-refractivity contribution < 1.29 is 8.42 Å². The third kappa shape index (κ3) is 2.72. The summed E-state index contributed by atoms with van der Waals surface area (Å²) in [6, 6.07) is 14.2. The SMILES string of the molecule is NS(=O)(=O)c1ccc(-c2cccn2-c2ccncc2)cc1. The minimum atomic E-state index is -3.67. The molecular formula is C15H13N3O2S. The smallest absolute Gasteiger partial charge is 0.238 e. The lowest BCUT2D eigenvalue weighted by molar-refractivity contribution is 0.598. The number of aromatic nitrogens is 2. The Bertz CT molecular complexity index is 853. The van der Waals surface area contributed by atoms with Gasteiger partial charge in [0.25, 0.3) is 0 Å². The molecule has 0 aliphatic carbocycles. The van der Waals surface area contributed by atoms with Crippen LogP contribution in [0.15, 0.2) is 72.0 Å². The van der Waals surface area contributed by atoms with Gasteiger partial charge in [0.15, 0.2) is 0 Å². The Balaban J connectivity index is 2.05. The molecule has 0 saturated heterocycles. The largest absolute Gasteiger partial charge is 0.316 e. The van der Waals surface area contributed by atoms with Crippen molar-refractivity contribution in [2.24, 2.45) is 5.14 Å². The number of hydrogen-bond donors (Lipinski definition) is 1. The molecule has 2 N–H and O–H groups in total. The molecule has 106 valence electrons. The lowest BCUT2D eigenvalue weighted by Gasteiger charge is -2.09. The number of sulfonamides is 1. The monoisotopic (exact) mass is 299 g/mol. The van der Waals surface area contributed by atoms with Gasteiger partial charge in [-0.3, -0.25) is 4.98 Å². The minimum Gasteiger partial charge on any atom is -0.316 e. The first-order valence-corrected chi connectivity index (χ1v) is 7.81. The summed E-state index contributed by atoms with van der Waals surface area (Å²) in [7, 11) is -3.67. The Hall–Kier alpha value is -2.44. The number of nitrogens with two attached hydrogens (primary N) is 1. The molecule has 0 saturated carbocycles. The zero-order valence-electron chi connectivity index (χ0n) is 11.0.